The first kappa shape index (κ1) is 13.0. The summed E-state index contributed by atoms with van der Waals surface area (Å²) >= 11 is 3.40. The van der Waals surface area contributed by atoms with Crippen molar-refractivity contribution in [2.24, 2.45) is 0 Å². The molecule has 0 radical (unpaired) electrons. The molecule has 0 unspecified atom stereocenters. The number of benzene rings is 2. The molecule has 0 spiro atoms. The quantitative estimate of drug-likeness (QED) is 0.861. The van der Waals surface area contributed by atoms with E-state index in [0.29, 0.717) is 12.3 Å². The summed E-state index contributed by atoms with van der Waals surface area (Å²) in [5, 5.41) is 0. The minimum atomic E-state index is 0.554. The van der Waals surface area contributed by atoms with Crippen LogP contribution in [0.3, 0.4) is 0 Å². The van der Waals surface area contributed by atoms with Crippen molar-refractivity contribution in [1.82, 2.24) is 0 Å². The lowest BCUT2D eigenvalue weighted by Gasteiger charge is -2.09. The van der Waals surface area contributed by atoms with Gasteiger partial charge in [-0.15, -0.1) is 0 Å². The number of anilines is 1. The molecule has 0 aromatic heterocycles. The summed E-state index contributed by atoms with van der Waals surface area (Å²) in [6.07, 6.45) is 0. The van der Waals surface area contributed by atoms with E-state index >= 15 is 0 Å². The Balaban J connectivity index is 2.11. The lowest BCUT2D eigenvalue weighted by Crippen LogP contribution is -1.97. The highest BCUT2D eigenvalue weighted by molar-refractivity contribution is 9.10. The number of aryl methyl sites for hydroxylation is 2. The van der Waals surface area contributed by atoms with Crippen LogP contribution in [-0.4, -0.2) is 0 Å². The molecule has 0 saturated carbocycles. The molecule has 0 aliphatic rings. The lowest BCUT2D eigenvalue weighted by atomic mass is 10.1. The fraction of sp³-hybridized carbons (Fsp3) is 0.200. The minimum absolute atomic E-state index is 0.554. The van der Waals surface area contributed by atoms with Crippen molar-refractivity contribution < 1.29 is 4.74 Å². The predicted octanol–water partition coefficient (Wildman–Crippen LogP) is 4.23. The topological polar surface area (TPSA) is 35.2 Å². The third-order valence-electron chi connectivity index (χ3n) is 2.58. The summed E-state index contributed by atoms with van der Waals surface area (Å²) in [6.45, 7) is 4.74. The monoisotopic (exact) mass is 305 g/mol. The average molecular weight is 306 g/mol. The molecule has 94 valence electrons. The van der Waals surface area contributed by atoms with Crippen molar-refractivity contribution in [1.29, 1.82) is 0 Å². The van der Waals surface area contributed by atoms with Gasteiger partial charge in [-0.05, 0) is 31.5 Å². The molecule has 0 aliphatic carbocycles. The van der Waals surface area contributed by atoms with Crippen molar-refractivity contribution >= 4 is 21.6 Å². The van der Waals surface area contributed by atoms with Gasteiger partial charge in [0, 0.05) is 16.2 Å². The smallest absolute Gasteiger partial charge is 0.122 e. The number of nitrogen functional groups attached to an aromatic ring is 1. The zero-order chi connectivity index (χ0) is 13.1. The standard InChI is InChI=1S/C15H16BrNO/c1-10-3-11(2)5-12(4-10)9-18-15-7-13(16)6-14(17)8-15/h3-8H,9,17H2,1-2H3. The van der Waals surface area contributed by atoms with Gasteiger partial charge in [0.15, 0.2) is 0 Å². The van der Waals surface area contributed by atoms with Gasteiger partial charge in [0.25, 0.3) is 0 Å². The fourth-order valence-electron chi connectivity index (χ4n) is 1.99. The molecule has 0 bridgehead atoms. The molecule has 2 aromatic carbocycles. The first-order valence-corrected chi connectivity index (χ1v) is 6.58. The SMILES string of the molecule is Cc1cc(C)cc(COc2cc(N)cc(Br)c2)c1. The molecule has 2 rings (SSSR count). The van der Waals surface area contributed by atoms with E-state index in [0.717, 1.165) is 10.2 Å². The molecular formula is C15H16BrNO. The molecule has 0 heterocycles. The van der Waals surface area contributed by atoms with Gasteiger partial charge in [-0.2, -0.15) is 0 Å². The second kappa shape index (κ2) is 5.44. The van der Waals surface area contributed by atoms with Crippen LogP contribution < -0.4 is 10.5 Å². The summed E-state index contributed by atoms with van der Waals surface area (Å²) in [6, 6.07) is 12.0. The number of halogens is 1. The fourth-order valence-corrected chi connectivity index (χ4v) is 2.48. The van der Waals surface area contributed by atoms with E-state index in [4.69, 9.17) is 10.5 Å². The Labute approximate surface area is 116 Å². The van der Waals surface area contributed by atoms with Crippen LogP contribution in [0.1, 0.15) is 16.7 Å². The number of rotatable bonds is 3. The highest BCUT2D eigenvalue weighted by Gasteiger charge is 2.00. The Morgan fingerprint density at radius 2 is 1.67 bits per heavy atom. The molecular weight excluding hydrogens is 290 g/mol. The molecule has 0 saturated heterocycles. The van der Waals surface area contributed by atoms with Gasteiger partial charge in [0.2, 0.25) is 0 Å². The maximum absolute atomic E-state index is 5.77. The van der Waals surface area contributed by atoms with Crippen molar-refractivity contribution in [2.45, 2.75) is 20.5 Å². The number of ether oxygens (including phenoxy) is 1. The predicted molar refractivity (Wildman–Crippen MR) is 78.8 cm³/mol. The van der Waals surface area contributed by atoms with Crippen molar-refractivity contribution in [3.05, 3.63) is 57.6 Å². The maximum atomic E-state index is 5.77. The van der Waals surface area contributed by atoms with E-state index in [1.54, 1.807) is 0 Å². The van der Waals surface area contributed by atoms with Crippen molar-refractivity contribution in [2.75, 3.05) is 5.73 Å². The van der Waals surface area contributed by atoms with Crippen LogP contribution in [0.2, 0.25) is 0 Å². The summed E-state index contributed by atoms with van der Waals surface area (Å²) in [5.41, 5.74) is 10.1. The van der Waals surface area contributed by atoms with E-state index in [1.807, 2.05) is 18.2 Å². The first-order valence-electron chi connectivity index (χ1n) is 5.79. The summed E-state index contributed by atoms with van der Waals surface area (Å²) in [7, 11) is 0. The molecule has 2 aromatic rings. The van der Waals surface area contributed by atoms with E-state index in [2.05, 4.69) is 48.0 Å². The van der Waals surface area contributed by atoms with Crippen LogP contribution in [0.5, 0.6) is 5.75 Å². The Morgan fingerprint density at radius 1 is 1.00 bits per heavy atom. The van der Waals surface area contributed by atoms with Gasteiger partial charge >= 0.3 is 0 Å². The maximum Gasteiger partial charge on any atom is 0.122 e. The zero-order valence-corrected chi connectivity index (χ0v) is 12.1. The Kier molecular flexibility index (Phi) is 3.92. The van der Waals surface area contributed by atoms with E-state index in [9.17, 15) is 0 Å². The van der Waals surface area contributed by atoms with Gasteiger partial charge in [-0.3, -0.25) is 0 Å². The van der Waals surface area contributed by atoms with Crippen LogP contribution in [0, 0.1) is 13.8 Å². The first-order chi connectivity index (χ1) is 8.52. The molecule has 2 N–H and O–H groups in total. The molecule has 0 atom stereocenters. The summed E-state index contributed by atoms with van der Waals surface area (Å²) < 4.78 is 6.68. The second-order valence-electron chi connectivity index (χ2n) is 4.50. The Bertz CT molecular complexity index is 474. The van der Waals surface area contributed by atoms with Crippen molar-refractivity contribution in [3.63, 3.8) is 0 Å². The summed E-state index contributed by atoms with van der Waals surface area (Å²) in [4.78, 5) is 0. The number of nitrogens with two attached hydrogens (primary N) is 1. The minimum Gasteiger partial charge on any atom is -0.489 e. The lowest BCUT2D eigenvalue weighted by molar-refractivity contribution is 0.306. The van der Waals surface area contributed by atoms with Gasteiger partial charge in [-0.25, -0.2) is 0 Å². The molecule has 2 nitrogen and oxygen atoms in total. The van der Waals surface area contributed by atoms with Gasteiger partial charge in [-0.1, -0.05) is 45.3 Å². The van der Waals surface area contributed by atoms with Crippen LogP contribution in [0.25, 0.3) is 0 Å². The number of hydrogen-bond acceptors (Lipinski definition) is 2. The number of hydrogen-bond donors (Lipinski definition) is 1. The Morgan fingerprint density at radius 3 is 2.28 bits per heavy atom. The molecule has 0 fully saturated rings. The van der Waals surface area contributed by atoms with E-state index in [-0.39, 0.29) is 0 Å². The second-order valence-corrected chi connectivity index (χ2v) is 5.42. The third kappa shape index (κ3) is 3.50. The molecule has 0 amide bonds. The molecule has 0 aliphatic heterocycles. The van der Waals surface area contributed by atoms with E-state index in [1.165, 1.54) is 16.7 Å². The van der Waals surface area contributed by atoms with Gasteiger partial charge < -0.3 is 10.5 Å². The van der Waals surface area contributed by atoms with Gasteiger partial charge in [0.05, 0.1) is 0 Å². The normalized spacial score (nSPS) is 10.4. The van der Waals surface area contributed by atoms with Crippen LogP contribution >= 0.6 is 15.9 Å². The largest absolute Gasteiger partial charge is 0.489 e. The summed E-state index contributed by atoms with van der Waals surface area (Å²) in [5.74, 6) is 0.779. The Hall–Kier alpha value is -1.48. The third-order valence-corrected chi connectivity index (χ3v) is 3.04. The van der Waals surface area contributed by atoms with Gasteiger partial charge in [0.1, 0.15) is 12.4 Å². The highest BCUT2D eigenvalue weighted by atomic mass is 79.9. The van der Waals surface area contributed by atoms with Crippen LogP contribution in [0.4, 0.5) is 5.69 Å². The highest BCUT2D eigenvalue weighted by Crippen LogP contribution is 2.23. The molecule has 18 heavy (non-hydrogen) atoms. The zero-order valence-electron chi connectivity index (χ0n) is 10.5. The average Bonchev–Trinajstić information content (AvgIpc) is 2.23. The van der Waals surface area contributed by atoms with Crippen LogP contribution in [-0.2, 0) is 6.61 Å². The van der Waals surface area contributed by atoms with E-state index < -0.39 is 0 Å². The van der Waals surface area contributed by atoms with Crippen LogP contribution in [0.15, 0.2) is 40.9 Å². The molecule has 3 heteroatoms. The van der Waals surface area contributed by atoms with Crippen molar-refractivity contribution in [3.8, 4) is 5.75 Å².